The number of aliphatic imine (C=N–C) groups is 1. The van der Waals surface area contributed by atoms with Crippen LogP contribution >= 0.6 is 0 Å². The number of hydrogen-bond acceptors (Lipinski definition) is 8. The van der Waals surface area contributed by atoms with Crippen molar-refractivity contribution in [1.29, 1.82) is 0 Å². The molecular weight excluding hydrogens is 404 g/mol. The number of fused-ring (bicyclic) bond motifs is 1. The second-order valence-electron chi connectivity index (χ2n) is 8.30. The topological polar surface area (TPSA) is 106 Å². The number of ether oxygens (including phenoxy) is 1. The van der Waals surface area contributed by atoms with Gasteiger partial charge in [0.05, 0.1) is 35.8 Å². The molecule has 4 rings (SSSR count). The molecule has 1 aliphatic heterocycles. The summed E-state index contributed by atoms with van der Waals surface area (Å²) in [4.78, 5) is 15.4. The molecule has 3 N–H and O–H groups in total. The zero-order valence-corrected chi connectivity index (χ0v) is 19.0. The van der Waals surface area contributed by atoms with Gasteiger partial charge in [0.1, 0.15) is 5.82 Å². The fraction of sp³-hybridized carbons (Fsp3) is 0.391. The average Bonchev–Trinajstić information content (AvgIpc) is 3.31. The Morgan fingerprint density at radius 3 is 2.84 bits per heavy atom. The summed E-state index contributed by atoms with van der Waals surface area (Å²) in [5.41, 5.74) is 10.4. The van der Waals surface area contributed by atoms with Gasteiger partial charge in [-0.15, -0.1) is 0 Å². The van der Waals surface area contributed by atoms with Crippen molar-refractivity contribution in [2.45, 2.75) is 20.0 Å². The second kappa shape index (κ2) is 9.46. The summed E-state index contributed by atoms with van der Waals surface area (Å²) < 4.78 is 8.01. The number of likely N-dealkylation sites (N-methyl/N-ethyl adjacent to an activating group) is 1. The molecule has 0 unspecified atom stereocenters. The Balaban J connectivity index is 1.51. The van der Waals surface area contributed by atoms with Gasteiger partial charge in [0, 0.05) is 55.9 Å². The molecule has 0 aliphatic carbocycles. The van der Waals surface area contributed by atoms with Gasteiger partial charge in [0.15, 0.2) is 5.82 Å². The zero-order valence-electron chi connectivity index (χ0n) is 19.0. The Kier molecular flexibility index (Phi) is 6.48. The number of rotatable bonds is 7. The highest BCUT2D eigenvalue weighted by atomic mass is 16.5. The fourth-order valence-corrected chi connectivity index (χ4v) is 4.10. The number of anilines is 2. The molecule has 0 radical (unpaired) electrons. The quantitative estimate of drug-likeness (QED) is 0.550. The predicted octanol–water partition coefficient (Wildman–Crippen LogP) is 2.40. The van der Waals surface area contributed by atoms with Crippen LogP contribution in [0.2, 0.25) is 0 Å². The molecule has 0 aromatic carbocycles. The summed E-state index contributed by atoms with van der Waals surface area (Å²) in [6.07, 6.45) is 7.08. The highest BCUT2D eigenvalue weighted by Crippen LogP contribution is 2.21. The number of pyridine rings is 1. The summed E-state index contributed by atoms with van der Waals surface area (Å²) in [5.74, 6) is 1.84. The minimum atomic E-state index is 0.198. The number of hydrogen-bond donors (Lipinski definition) is 2. The summed E-state index contributed by atoms with van der Waals surface area (Å²) in [6.45, 7) is 6.52. The minimum absolute atomic E-state index is 0.198. The normalized spacial score (nSPS) is 20.2. The van der Waals surface area contributed by atoms with Crippen LogP contribution < -0.4 is 11.1 Å². The van der Waals surface area contributed by atoms with Crippen molar-refractivity contribution in [3.63, 3.8) is 0 Å². The van der Waals surface area contributed by atoms with Crippen molar-refractivity contribution in [2.24, 2.45) is 16.6 Å². The first kappa shape index (κ1) is 21.9. The first-order chi connectivity index (χ1) is 15.5. The first-order valence-electron chi connectivity index (χ1n) is 10.7. The van der Waals surface area contributed by atoms with Gasteiger partial charge in [0.25, 0.3) is 0 Å². The van der Waals surface area contributed by atoms with E-state index in [1.807, 2.05) is 31.3 Å². The van der Waals surface area contributed by atoms with Crippen molar-refractivity contribution in [2.75, 3.05) is 39.1 Å². The largest absolute Gasteiger partial charge is 0.404 e. The Labute approximate surface area is 188 Å². The summed E-state index contributed by atoms with van der Waals surface area (Å²) in [6, 6.07) is 5.98. The van der Waals surface area contributed by atoms with E-state index in [0.29, 0.717) is 24.2 Å². The lowest BCUT2D eigenvalue weighted by molar-refractivity contribution is 0.0565. The van der Waals surface area contributed by atoms with Crippen LogP contribution in [-0.4, -0.2) is 70.1 Å². The van der Waals surface area contributed by atoms with E-state index >= 15 is 0 Å². The van der Waals surface area contributed by atoms with Gasteiger partial charge < -0.3 is 20.7 Å². The van der Waals surface area contributed by atoms with Gasteiger partial charge in [-0.1, -0.05) is 6.92 Å². The molecule has 4 heterocycles. The van der Waals surface area contributed by atoms with Gasteiger partial charge in [-0.05, 0) is 32.0 Å². The molecule has 1 saturated heterocycles. The van der Waals surface area contributed by atoms with Crippen LogP contribution in [0.25, 0.3) is 5.52 Å². The summed E-state index contributed by atoms with van der Waals surface area (Å²) >= 11 is 0. The number of nitrogens with zero attached hydrogens (tertiary/aromatic N) is 6. The predicted molar refractivity (Wildman–Crippen MR) is 126 cm³/mol. The van der Waals surface area contributed by atoms with Gasteiger partial charge in [-0.2, -0.15) is 5.10 Å². The molecule has 1 fully saturated rings. The van der Waals surface area contributed by atoms with Crippen LogP contribution in [0, 0.1) is 12.8 Å². The molecule has 3 aromatic rings. The fourth-order valence-electron chi connectivity index (χ4n) is 4.10. The third-order valence-electron chi connectivity index (χ3n) is 5.66. The lowest BCUT2D eigenvalue weighted by Crippen LogP contribution is -2.24. The van der Waals surface area contributed by atoms with Crippen molar-refractivity contribution >= 4 is 22.9 Å². The van der Waals surface area contributed by atoms with E-state index < -0.39 is 0 Å². The highest BCUT2D eigenvalue weighted by molar-refractivity contribution is 6.13. The van der Waals surface area contributed by atoms with Crippen LogP contribution in [0.5, 0.6) is 0 Å². The summed E-state index contributed by atoms with van der Waals surface area (Å²) in [7, 11) is 3.89. The van der Waals surface area contributed by atoms with Crippen LogP contribution in [0.15, 0.2) is 53.6 Å². The Morgan fingerprint density at radius 2 is 2.16 bits per heavy atom. The van der Waals surface area contributed by atoms with E-state index in [1.54, 1.807) is 30.2 Å². The standard InChI is InChI=1S/C23H30N8O/c1-15-12-30(4)13-20(15)32-14-18(9-24)23(25-3)17-5-6-31-19(7-17)8-21(29-31)28-22-11-26-10-16(2)27-22/h5-11,15,20H,12-14,24H2,1-4H3,(H,27,28,29)/b18-9-,25-23?/t15-,20-/m0/s1. The van der Waals surface area contributed by atoms with Crippen molar-refractivity contribution in [3.8, 4) is 0 Å². The van der Waals surface area contributed by atoms with Gasteiger partial charge in [-0.3, -0.25) is 9.98 Å². The highest BCUT2D eigenvalue weighted by Gasteiger charge is 2.28. The minimum Gasteiger partial charge on any atom is -0.404 e. The first-order valence-corrected chi connectivity index (χ1v) is 10.7. The van der Waals surface area contributed by atoms with Crippen LogP contribution in [0.3, 0.4) is 0 Å². The van der Waals surface area contributed by atoms with E-state index in [-0.39, 0.29) is 6.10 Å². The third kappa shape index (κ3) is 4.79. The van der Waals surface area contributed by atoms with Gasteiger partial charge in [-0.25, -0.2) is 9.50 Å². The maximum Gasteiger partial charge on any atom is 0.154 e. The second-order valence-corrected chi connectivity index (χ2v) is 8.30. The lowest BCUT2D eigenvalue weighted by atomic mass is 10.0. The van der Waals surface area contributed by atoms with E-state index in [2.05, 4.69) is 44.2 Å². The SMILES string of the molecule is CN=C(/C(=C\N)CO[C@H]1CN(C)C[C@@H]1C)c1ccn2nc(Nc3cncc(C)n3)cc2c1. The average molecular weight is 435 g/mol. The van der Waals surface area contributed by atoms with Crippen molar-refractivity contribution in [1.82, 2.24) is 24.5 Å². The maximum absolute atomic E-state index is 6.20. The molecule has 1 aliphatic rings. The summed E-state index contributed by atoms with van der Waals surface area (Å²) in [5, 5.41) is 7.76. The molecule has 3 aromatic heterocycles. The zero-order chi connectivity index (χ0) is 22.7. The van der Waals surface area contributed by atoms with E-state index in [1.165, 1.54) is 0 Å². The molecular formula is C23H30N8O. The molecule has 0 amide bonds. The molecule has 32 heavy (non-hydrogen) atoms. The van der Waals surface area contributed by atoms with E-state index in [4.69, 9.17) is 10.5 Å². The van der Waals surface area contributed by atoms with E-state index in [9.17, 15) is 0 Å². The molecule has 9 nitrogen and oxygen atoms in total. The van der Waals surface area contributed by atoms with Crippen LogP contribution in [0.4, 0.5) is 11.6 Å². The van der Waals surface area contributed by atoms with Crippen LogP contribution in [0.1, 0.15) is 18.2 Å². The molecule has 0 spiro atoms. The molecule has 168 valence electrons. The van der Waals surface area contributed by atoms with Gasteiger partial charge in [0.2, 0.25) is 0 Å². The van der Waals surface area contributed by atoms with Crippen LogP contribution in [-0.2, 0) is 4.74 Å². The van der Waals surface area contributed by atoms with Gasteiger partial charge >= 0.3 is 0 Å². The number of aromatic nitrogens is 4. The number of aryl methyl sites for hydroxylation is 1. The van der Waals surface area contributed by atoms with Crippen molar-refractivity contribution < 1.29 is 4.74 Å². The smallest absolute Gasteiger partial charge is 0.154 e. The molecule has 2 atom stereocenters. The molecule has 0 bridgehead atoms. The Bertz CT molecular complexity index is 1150. The lowest BCUT2D eigenvalue weighted by Gasteiger charge is -2.18. The number of nitrogens with one attached hydrogen (secondary N) is 1. The Morgan fingerprint density at radius 1 is 1.31 bits per heavy atom. The number of likely N-dealkylation sites (tertiary alicyclic amines) is 1. The maximum atomic E-state index is 6.20. The van der Waals surface area contributed by atoms with Crippen molar-refractivity contribution in [3.05, 3.63) is 59.8 Å². The number of nitrogens with two attached hydrogens (primary N) is 1. The monoisotopic (exact) mass is 434 g/mol. The Hall–Kier alpha value is -3.30. The molecule has 9 heteroatoms. The molecule has 0 saturated carbocycles. The third-order valence-corrected chi connectivity index (χ3v) is 5.66. The van der Waals surface area contributed by atoms with E-state index in [0.717, 1.165) is 41.1 Å².